The highest BCUT2D eigenvalue weighted by Crippen LogP contribution is 2.19. The first-order valence-corrected chi connectivity index (χ1v) is 6.53. The summed E-state index contributed by atoms with van der Waals surface area (Å²) in [4.78, 5) is 15.6. The Morgan fingerprint density at radius 1 is 1.29 bits per heavy atom. The zero-order valence-electron chi connectivity index (χ0n) is 11.6. The summed E-state index contributed by atoms with van der Waals surface area (Å²) in [6.45, 7) is 4.01. The highest BCUT2D eigenvalue weighted by Gasteiger charge is 2.07. The van der Waals surface area contributed by atoms with E-state index < -0.39 is 5.91 Å². The lowest BCUT2D eigenvalue weighted by Gasteiger charge is -2.10. The van der Waals surface area contributed by atoms with Crippen LogP contribution in [-0.4, -0.2) is 10.9 Å². The van der Waals surface area contributed by atoms with Gasteiger partial charge in [0.1, 0.15) is 18.1 Å². The number of carbonyl (C=O) groups excluding carboxylic acids is 1. The van der Waals surface area contributed by atoms with E-state index in [0.717, 1.165) is 17.7 Å². The molecule has 0 saturated heterocycles. The zero-order chi connectivity index (χ0) is 15.1. The van der Waals surface area contributed by atoms with Crippen LogP contribution in [0.1, 0.15) is 21.7 Å². The van der Waals surface area contributed by atoms with Crippen molar-refractivity contribution in [1.29, 1.82) is 0 Å². The van der Waals surface area contributed by atoms with E-state index in [4.69, 9.17) is 10.6 Å². The Balaban J connectivity index is 2.10. The second kappa shape index (κ2) is 7.21. The molecule has 0 spiro atoms. The molecule has 2 rings (SSSR count). The number of rotatable bonds is 6. The third-order valence-electron chi connectivity index (χ3n) is 2.88. The molecule has 0 radical (unpaired) electrons. The number of aromatic nitrogens is 1. The maximum atomic E-state index is 11.4. The molecule has 5 heteroatoms. The molecular formula is C16H17N3O2. The number of nitrogens with two attached hydrogens (primary N) is 1. The third-order valence-corrected chi connectivity index (χ3v) is 2.88. The second-order valence-corrected chi connectivity index (χ2v) is 4.38. The van der Waals surface area contributed by atoms with Crippen LogP contribution >= 0.6 is 0 Å². The molecule has 1 aromatic carbocycles. The summed E-state index contributed by atoms with van der Waals surface area (Å²) in [6, 6.07) is 12.9. The molecule has 0 fully saturated rings. The van der Waals surface area contributed by atoms with Crippen LogP contribution in [0.3, 0.4) is 0 Å². The minimum absolute atomic E-state index is 0.262. The molecule has 5 nitrogen and oxygen atoms in total. The number of benzene rings is 1. The zero-order valence-corrected chi connectivity index (χ0v) is 11.6. The number of nitrogens with one attached hydrogen (secondary N) is 1. The maximum absolute atomic E-state index is 11.4. The number of hydrazine groups is 1. The highest BCUT2D eigenvalue weighted by atomic mass is 16.5. The normalized spacial score (nSPS) is 9.95. The van der Waals surface area contributed by atoms with Crippen LogP contribution in [0.2, 0.25) is 0 Å². The second-order valence-electron chi connectivity index (χ2n) is 4.38. The van der Waals surface area contributed by atoms with Gasteiger partial charge in [-0.25, -0.2) is 10.8 Å². The summed E-state index contributed by atoms with van der Waals surface area (Å²) in [5.41, 5.74) is 4.03. The Morgan fingerprint density at radius 2 is 2.10 bits per heavy atom. The highest BCUT2D eigenvalue weighted by molar-refractivity contribution is 5.91. The van der Waals surface area contributed by atoms with Gasteiger partial charge < -0.3 is 4.74 Å². The van der Waals surface area contributed by atoms with Gasteiger partial charge in [-0.2, -0.15) is 0 Å². The fourth-order valence-corrected chi connectivity index (χ4v) is 1.88. The molecular weight excluding hydrogens is 266 g/mol. The predicted octanol–water partition coefficient (Wildman–Crippen LogP) is 1.99. The number of nitrogen functional groups attached to an aromatic ring is 1. The van der Waals surface area contributed by atoms with Crippen molar-refractivity contribution in [1.82, 2.24) is 10.4 Å². The van der Waals surface area contributed by atoms with Crippen LogP contribution in [0.25, 0.3) is 0 Å². The van der Waals surface area contributed by atoms with Crippen molar-refractivity contribution in [2.75, 3.05) is 0 Å². The van der Waals surface area contributed by atoms with Gasteiger partial charge in [-0.3, -0.25) is 10.2 Å². The SMILES string of the molecule is C=CCc1ccccc1OCc1cccc(C(=O)NN)n1. The topological polar surface area (TPSA) is 77.2 Å². The van der Waals surface area contributed by atoms with E-state index in [1.165, 1.54) is 0 Å². The molecule has 0 atom stereocenters. The maximum Gasteiger partial charge on any atom is 0.283 e. The summed E-state index contributed by atoms with van der Waals surface area (Å²) < 4.78 is 5.77. The van der Waals surface area contributed by atoms with Crippen LogP contribution in [0.5, 0.6) is 5.75 Å². The van der Waals surface area contributed by atoms with E-state index in [-0.39, 0.29) is 12.3 Å². The Hall–Kier alpha value is -2.66. The first-order valence-electron chi connectivity index (χ1n) is 6.53. The largest absolute Gasteiger partial charge is 0.487 e. The molecule has 0 aliphatic heterocycles. The average Bonchev–Trinajstić information content (AvgIpc) is 2.54. The number of hydrogen-bond donors (Lipinski definition) is 2. The molecule has 21 heavy (non-hydrogen) atoms. The van der Waals surface area contributed by atoms with E-state index in [1.807, 2.05) is 30.3 Å². The van der Waals surface area contributed by atoms with Crippen molar-refractivity contribution >= 4 is 5.91 Å². The predicted molar refractivity (Wildman–Crippen MR) is 80.6 cm³/mol. The Bertz CT molecular complexity index is 641. The smallest absolute Gasteiger partial charge is 0.283 e. The summed E-state index contributed by atoms with van der Waals surface area (Å²) >= 11 is 0. The number of para-hydroxylation sites is 1. The Labute approximate surface area is 123 Å². The van der Waals surface area contributed by atoms with Crippen LogP contribution in [0, 0.1) is 0 Å². The molecule has 2 aromatic rings. The van der Waals surface area contributed by atoms with Crippen LogP contribution in [0.4, 0.5) is 0 Å². The Kier molecular flexibility index (Phi) is 5.06. The molecule has 1 amide bonds. The van der Waals surface area contributed by atoms with E-state index in [0.29, 0.717) is 5.69 Å². The molecule has 3 N–H and O–H groups in total. The molecule has 108 valence electrons. The van der Waals surface area contributed by atoms with Crippen molar-refractivity contribution in [3.63, 3.8) is 0 Å². The first kappa shape index (κ1) is 14.7. The molecule has 0 bridgehead atoms. The lowest BCUT2D eigenvalue weighted by molar-refractivity contribution is 0.0948. The van der Waals surface area contributed by atoms with E-state index in [1.54, 1.807) is 18.2 Å². The van der Waals surface area contributed by atoms with Crippen molar-refractivity contribution in [2.45, 2.75) is 13.0 Å². The van der Waals surface area contributed by atoms with Crippen molar-refractivity contribution < 1.29 is 9.53 Å². The van der Waals surface area contributed by atoms with Gasteiger partial charge in [0.05, 0.1) is 5.69 Å². The fourth-order valence-electron chi connectivity index (χ4n) is 1.88. The Morgan fingerprint density at radius 3 is 2.86 bits per heavy atom. The fraction of sp³-hybridized carbons (Fsp3) is 0.125. The summed E-state index contributed by atoms with van der Waals surface area (Å²) in [5.74, 6) is 5.45. The van der Waals surface area contributed by atoms with Gasteiger partial charge in [0.15, 0.2) is 0 Å². The van der Waals surface area contributed by atoms with Gasteiger partial charge in [-0.15, -0.1) is 6.58 Å². The lowest BCUT2D eigenvalue weighted by atomic mass is 10.1. The van der Waals surface area contributed by atoms with E-state index in [9.17, 15) is 4.79 Å². The number of carbonyl (C=O) groups is 1. The van der Waals surface area contributed by atoms with Gasteiger partial charge in [0, 0.05) is 0 Å². The molecule has 0 aliphatic carbocycles. The van der Waals surface area contributed by atoms with Crippen LogP contribution < -0.4 is 16.0 Å². The third kappa shape index (κ3) is 3.90. The van der Waals surface area contributed by atoms with E-state index >= 15 is 0 Å². The van der Waals surface area contributed by atoms with E-state index in [2.05, 4.69) is 17.0 Å². The molecule has 1 heterocycles. The van der Waals surface area contributed by atoms with Crippen LogP contribution in [0.15, 0.2) is 55.1 Å². The standard InChI is InChI=1S/C16H17N3O2/c1-2-6-12-7-3-4-10-15(12)21-11-13-8-5-9-14(18-13)16(20)19-17/h2-5,7-10H,1,6,11,17H2,(H,19,20). The summed E-state index contributed by atoms with van der Waals surface area (Å²) in [7, 11) is 0. The van der Waals surface area contributed by atoms with Crippen molar-refractivity contribution in [3.8, 4) is 5.75 Å². The number of allylic oxidation sites excluding steroid dienone is 1. The quantitative estimate of drug-likeness (QED) is 0.368. The van der Waals surface area contributed by atoms with Crippen LogP contribution in [-0.2, 0) is 13.0 Å². The minimum atomic E-state index is -0.427. The lowest BCUT2D eigenvalue weighted by Crippen LogP contribution is -2.30. The van der Waals surface area contributed by atoms with Gasteiger partial charge >= 0.3 is 0 Å². The monoisotopic (exact) mass is 283 g/mol. The number of hydrogen-bond acceptors (Lipinski definition) is 4. The van der Waals surface area contributed by atoms with Gasteiger partial charge in [0.2, 0.25) is 0 Å². The molecule has 0 unspecified atom stereocenters. The van der Waals surface area contributed by atoms with Gasteiger partial charge in [0.25, 0.3) is 5.91 Å². The molecule has 0 aliphatic rings. The minimum Gasteiger partial charge on any atom is -0.487 e. The molecule has 1 aromatic heterocycles. The first-order chi connectivity index (χ1) is 10.2. The average molecular weight is 283 g/mol. The summed E-state index contributed by atoms with van der Waals surface area (Å²) in [6.07, 6.45) is 2.56. The number of nitrogens with zero attached hydrogens (tertiary/aromatic N) is 1. The number of ether oxygens (including phenoxy) is 1. The molecule has 0 saturated carbocycles. The number of amides is 1. The van der Waals surface area contributed by atoms with Gasteiger partial charge in [-0.05, 0) is 30.2 Å². The van der Waals surface area contributed by atoms with Crippen molar-refractivity contribution in [3.05, 3.63) is 72.1 Å². The number of pyridine rings is 1. The summed E-state index contributed by atoms with van der Waals surface area (Å²) in [5, 5.41) is 0. The van der Waals surface area contributed by atoms with Crippen molar-refractivity contribution in [2.24, 2.45) is 5.84 Å². The van der Waals surface area contributed by atoms with Gasteiger partial charge in [-0.1, -0.05) is 30.3 Å².